The Morgan fingerprint density at radius 2 is 2.00 bits per heavy atom. The van der Waals surface area contributed by atoms with Gasteiger partial charge in [0.2, 0.25) is 0 Å². The molecule has 2 aromatic rings. The Morgan fingerprint density at radius 3 is 2.67 bits per heavy atom. The van der Waals surface area contributed by atoms with Gasteiger partial charge in [0.05, 0.1) is 18.5 Å². The minimum absolute atomic E-state index is 0.288. The van der Waals surface area contributed by atoms with Crippen molar-refractivity contribution in [1.82, 2.24) is 19.5 Å². The zero-order chi connectivity index (χ0) is 12.9. The molecular weight excluding hydrogens is 236 g/mol. The molecule has 0 bridgehead atoms. The van der Waals surface area contributed by atoms with Gasteiger partial charge in [-0.05, 0) is 6.42 Å². The van der Waals surface area contributed by atoms with Crippen LogP contribution in [0.3, 0.4) is 0 Å². The third kappa shape index (κ3) is 1.47. The Kier molecular flexibility index (Phi) is 2.44. The number of hydrogen-bond donors (Lipinski definition) is 4. The van der Waals surface area contributed by atoms with Crippen molar-refractivity contribution < 1.29 is 10.2 Å². The van der Waals surface area contributed by atoms with Crippen LogP contribution in [-0.4, -0.2) is 48.0 Å². The lowest BCUT2D eigenvalue weighted by atomic mass is 10.2. The molecule has 0 radical (unpaired) electrons. The van der Waals surface area contributed by atoms with E-state index in [1.807, 2.05) is 0 Å². The van der Waals surface area contributed by atoms with E-state index in [1.54, 1.807) is 4.57 Å². The minimum atomic E-state index is -0.938. The third-order valence-corrected chi connectivity index (χ3v) is 3.44. The summed E-state index contributed by atoms with van der Waals surface area (Å²) in [6.07, 6.45) is 1.46. The number of aromatic nitrogens is 4. The van der Waals surface area contributed by atoms with Crippen LogP contribution in [0.25, 0.3) is 11.2 Å². The van der Waals surface area contributed by atoms with Gasteiger partial charge in [0.15, 0.2) is 11.5 Å². The number of aliphatic hydroxyl groups is 2. The van der Waals surface area contributed by atoms with Gasteiger partial charge in [0.25, 0.3) is 0 Å². The number of fused-ring (bicyclic) bond motifs is 1. The number of nitrogen functional groups attached to an aromatic ring is 1. The van der Waals surface area contributed by atoms with Crippen LogP contribution in [0.15, 0.2) is 12.7 Å². The average molecular weight is 250 g/mol. The van der Waals surface area contributed by atoms with Crippen LogP contribution in [0.2, 0.25) is 0 Å². The van der Waals surface area contributed by atoms with Gasteiger partial charge < -0.3 is 26.2 Å². The van der Waals surface area contributed by atoms with Crippen molar-refractivity contribution in [3.63, 3.8) is 0 Å². The fraction of sp³-hybridized carbons (Fsp3) is 0.500. The van der Waals surface area contributed by atoms with E-state index in [1.165, 1.54) is 12.7 Å². The summed E-state index contributed by atoms with van der Waals surface area (Å²) in [5.41, 5.74) is 12.5. The van der Waals surface area contributed by atoms with Crippen molar-refractivity contribution in [1.29, 1.82) is 0 Å². The zero-order valence-corrected chi connectivity index (χ0v) is 9.51. The molecule has 18 heavy (non-hydrogen) atoms. The minimum Gasteiger partial charge on any atom is -0.389 e. The van der Waals surface area contributed by atoms with E-state index in [0.717, 1.165) is 0 Å². The summed E-state index contributed by atoms with van der Waals surface area (Å²) in [5.74, 6) is 0.288. The van der Waals surface area contributed by atoms with Gasteiger partial charge in [-0.3, -0.25) is 0 Å². The van der Waals surface area contributed by atoms with Crippen LogP contribution >= 0.6 is 0 Å². The fourth-order valence-electron chi connectivity index (χ4n) is 2.43. The van der Waals surface area contributed by atoms with E-state index in [2.05, 4.69) is 15.0 Å². The second-order valence-electron chi connectivity index (χ2n) is 4.53. The zero-order valence-electron chi connectivity index (χ0n) is 9.51. The highest BCUT2D eigenvalue weighted by Crippen LogP contribution is 2.32. The summed E-state index contributed by atoms with van der Waals surface area (Å²) in [6.45, 7) is 0. The molecule has 4 atom stereocenters. The molecule has 6 N–H and O–H groups in total. The van der Waals surface area contributed by atoms with Gasteiger partial charge in [0.1, 0.15) is 17.9 Å². The number of nitrogens with two attached hydrogens (primary N) is 2. The largest absolute Gasteiger partial charge is 0.389 e. The smallest absolute Gasteiger partial charge is 0.165 e. The second-order valence-corrected chi connectivity index (χ2v) is 4.53. The summed E-state index contributed by atoms with van der Waals surface area (Å²) in [7, 11) is 0. The first-order chi connectivity index (χ1) is 8.59. The maximum atomic E-state index is 9.98. The highest BCUT2D eigenvalue weighted by atomic mass is 16.3. The SMILES string of the molecule is Nc1ncnc2c1ncn2[C@H]1C[C@@H](N)[C@@H](O)[C@H]1O. The van der Waals surface area contributed by atoms with Gasteiger partial charge in [-0.25, -0.2) is 15.0 Å². The number of imidazole rings is 1. The third-order valence-electron chi connectivity index (χ3n) is 3.44. The lowest BCUT2D eigenvalue weighted by Crippen LogP contribution is -2.35. The molecule has 0 spiro atoms. The predicted octanol–water partition coefficient (Wildman–Crippen LogP) is -1.60. The van der Waals surface area contributed by atoms with E-state index in [0.29, 0.717) is 17.6 Å². The summed E-state index contributed by atoms with van der Waals surface area (Å²) in [4.78, 5) is 12.1. The van der Waals surface area contributed by atoms with Gasteiger partial charge in [-0.2, -0.15) is 0 Å². The first kappa shape index (κ1) is 11.3. The first-order valence-corrected chi connectivity index (χ1v) is 5.64. The monoisotopic (exact) mass is 250 g/mol. The van der Waals surface area contributed by atoms with Gasteiger partial charge in [0, 0.05) is 6.04 Å². The second kappa shape index (κ2) is 3.87. The van der Waals surface area contributed by atoms with Crippen molar-refractivity contribution >= 4 is 17.0 Å². The number of hydrogen-bond acceptors (Lipinski definition) is 7. The Bertz CT molecular complexity index is 585. The van der Waals surface area contributed by atoms with Crippen LogP contribution in [0.1, 0.15) is 12.5 Å². The van der Waals surface area contributed by atoms with Crippen LogP contribution < -0.4 is 11.5 Å². The predicted molar refractivity (Wildman–Crippen MR) is 63.4 cm³/mol. The van der Waals surface area contributed by atoms with Crippen molar-refractivity contribution in [2.24, 2.45) is 5.73 Å². The molecule has 1 aliphatic rings. The van der Waals surface area contributed by atoms with Crippen molar-refractivity contribution in [3.8, 4) is 0 Å². The molecule has 96 valence electrons. The molecule has 1 saturated carbocycles. The molecule has 0 unspecified atom stereocenters. The summed E-state index contributed by atoms with van der Waals surface area (Å²) >= 11 is 0. The Morgan fingerprint density at radius 1 is 1.22 bits per heavy atom. The standard InChI is InChI=1S/C10H14N6O2/c11-4-1-5(8(18)7(4)17)16-3-15-6-9(12)13-2-14-10(6)16/h2-5,7-8,17-18H,1,11H2,(H2,12,13,14)/t4-,5+,7-,8+/m1/s1. The lowest BCUT2D eigenvalue weighted by Gasteiger charge is -2.17. The lowest BCUT2D eigenvalue weighted by molar-refractivity contribution is 0.0187. The van der Waals surface area contributed by atoms with E-state index < -0.39 is 18.2 Å². The molecule has 1 fully saturated rings. The highest BCUT2D eigenvalue weighted by Gasteiger charge is 2.41. The number of anilines is 1. The molecule has 0 aromatic carbocycles. The molecular formula is C10H14N6O2. The van der Waals surface area contributed by atoms with Crippen LogP contribution in [0.4, 0.5) is 5.82 Å². The van der Waals surface area contributed by atoms with Crippen LogP contribution in [0, 0.1) is 0 Å². The van der Waals surface area contributed by atoms with Gasteiger partial charge in [-0.1, -0.05) is 0 Å². The summed E-state index contributed by atoms with van der Waals surface area (Å²) in [5, 5.41) is 19.7. The summed E-state index contributed by atoms with van der Waals surface area (Å²) in [6, 6.07) is -0.809. The highest BCUT2D eigenvalue weighted by molar-refractivity contribution is 5.81. The van der Waals surface area contributed by atoms with Crippen molar-refractivity contribution in [2.75, 3.05) is 5.73 Å². The van der Waals surface area contributed by atoms with Crippen molar-refractivity contribution in [3.05, 3.63) is 12.7 Å². The maximum Gasteiger partial charge on any atom is 0.165 e. The molecule has 0 saturated heterocycles. The van der Waals surface area contributed by atoms with Crippen LogP contribution in [-0.2, 0) is 0 Å². The van der Waals surface area contributed by atoms with E-state index in [9.17, 15) is 10.2 Å². The molecule has 8 nitrogen and oxygen atoms in total. The topological polar surface area (TPSA) is 136 Å². The molecule has 2 aromatic heterocycles. The Hall–Kier alpha value is -1.77. The molecule has 3 rings (SSSR count). The number of aliphatic hydroxyl groups excluding tert-OH is 2. The first-order valence-electron chi connectivity index (χ1n) is 5.64. The maximum absolute atomic E-state index is 9.98. The summed E-state index contributed by atoms with van der Waals surface area (Å²) < 4.78 is 1.69. The average Bonchev–Trinajstić information content (AvgIpc) is 2.88. The molecule has 0 amide bonds. The molecule has 8 heteroatoms. The van der Waals surface area contributed by atoms with Gasteiger partial charge in [-0.15, -0.1) is 0 Å². The normalized spacial score (nSPS) is 32.2. The van der Waals surface area contributed by atoms with E-state index >= 15 is 0 Å². The van der Waals surface area contributed by atoms with Gasteiger partial charge >= 0.3 is 0 Å². The Balaban J connectivity index is 2.08. The van der Waals surface area contributed by atoms with E-state index in [-0.39, 0.29) is 11.9 Å². The number of nitrogens with zero attached hydrogens (tertiary/aromatic N) is 4. The molecule has 2 heterocycles. The van der Waals surface area contributed by atoms with Crippen LogP contribution in [0.5, 0.6) is 0 Å². The quantitative estimate of drug-likeness (QED) is 0.478. The number of rotatable bonds is 1. The van der Waals surface area contributed by atoms with Crippen molar-refractivity contribution in [2.45, 2.75) is 30.7 Å². The van der Waals surface area contributed by atoms with E-state index in [4.69, 9.17) is 11.5 Å². The molecule has 1 aliphatic carbocycles. The fourth-order valence-corrected chi connectivity index (χ4v) is 2.43. The molecule has 0 aliphatic heterocycles. The Labute approximate surface area is 102 Å².